The van der Waals surface area contributed by atoms with E-state index in [-0.39, 0.29) is 30.3 Å². The molecule has 5 heteroatoms. The Kier molecular flexibility index (Phi) is 3.98. The Morgan fingerprint density at radius 3 is 3.00 bits per heavy atom. The van der Waals surface area contributed by atoms with E-state index in [1.165, 1.54) is 0 Å². The maximum Gasteiger partial charge on any atom is 0.249 e. The number of carbonyl (C=O) groups is 1. The molecule has 2 aliphatic heterocycles. The fourth-order valence-corrected chi connectivity index (χ4v) is 2.88. The zero-order valence-corrected chi connectivity index (χ0v) is 11.6. The van der Waals surface area contributed by atoms with E-state index in [9.17, 15) is 4.79 Å². The molecule has 0 aliphatic carbocycles. The van der Waals surface area contributed by atoms with Gasteiger partial charge in [0.25, 0.3) is 0 Å². The van der Waals surface area contributed by atoms with Crippen molar-refractivity contribution in [1.82, 2.24) is 10.3 Å². The van der Waals surface area contributed by atoms with E-state index in [0.717, 1.165) is 24.8 Å². The number of nitrogens with zero attached hydrogens (tertiary/aromatic N) is 1. The zero-order chi connectivity index (χ0) is 13.9. The van der Waals surface area contributed by atoms with Gasteiger partial charge in [0.05, 0.1) is 12.1 Å². The Labute approximate surface area is 118 Å². The molecule has 1 aromatic rings. The molecule has 4 atom stereocenters. The van der Waals surface area contributed by atoms with Crippen LogP contribution in [0.15, 0.2) is 24.5 Å². The third-order valence-electron chi connectivity index (χ3n) is 3.96. The van der Waals surface area contributed by atoms with E-state index in [1.54, 1.807) is 12.4 Å². The number of aromatic nitrogens is 1. The van der Waals surface area contributed by atoms with Crippen LogP contribution in [-0.2, 0) is 14.3 Å². The molecule has 0 saturated carbocycles. The molecule has 0 radical (unpaired) electrons. The van der Waals surface area contributed by atoms with Gasteiger partial charge < -0.3 is 14.8 Å². The lowest BCUT2D eigenvalue weighted by Gasteiger charge is -2.21. The van der Waals surface area contributed by atoms with Gasteiger partial charge in [-0.2, -0.15) is 0 Å². The fraction of sp³-hybridized carbons (Fsp3) is 0.600. The van der Waals surface area contributed by atoms with Crippen molar-refractivity contribution in [3.63, 3.8) is 0 Å². The van der Waals surface area contributed by atoms with Crippen molar-refractivity contribution in [3.8, 4) is 0 Å². The van der Waals surface area contributed by atoms with E-state index in [1.807, 2.05) is 19.1 Å². The number of hydrogen-bond donors (Lipinski definition) is 1. The third kappa shape index (κ3) is 2.83. The number of hydrogen-bond acceptors (Lipinski definition) is 4. The lowest BCUT2D eigenvalue weighted by atomic mass is 10.0. The molecule has 3 heterocycles. The Bertz CT molecular complexity index is 465. The molecule has 1 N–H and O–H groups in total. The standard InChI is InChI=1S/C15H20N2O3/c1-10-4-5-13(20-10)15(18)17-12-6-8-19-14(12)11-3-2-7-16-9-11/h2-3,7,9-10,12-14H,4-6,8H2,1H3,(H,17,18)/t10-,12+,13-,14-/m1/s1. The summed E-state index contributed by atoms with van der Waals surface area (Å²) in [6.07, 6.45) is 5.88. The van der Waals surface area contributed by atoms with Gasteiger partial charge in [0, 0.05) is 24.6 Å². The number of nitrogens with one attached hydrogen (secondary N) is 1. The van der Waals surface area contributed by atoms with Gasteiger partial charge in [-0.1, -0.05) is 6.07 Å². The van der Waals surface area contributed by atoms with Crippen molar-refractivity contribution >= 4 is 5.91 Å². The number of rotatable bonds is 3. The monoisotopic (exact) mass is 276 g/mol. The van der Waals surface area contributed by atoms with Crippen LogP contribution in [0.25, 0.3) is 0 Å². The van der Waals surface area contributed by atoms with Crippen LogP contribution in [0.3, 0.4) is 0 Å². The second-order valence-corrected chi connectivity index (χ2v) is 5.49. The second-order valence-electron chi connectivity index (χ2n) is 5.49. The molecule has 0 unspecified atom stereocenters. The summed E-state index contributed by atoms with van der Waals surface area (Å²) in [6.45, 7) is 2.66. The third-order valence-corrected chi connectivity index (χ3v) is 3.96. The highest BCUT2D eigenvalue weighted by Gasteiger charge is 2.35. The summed E-state index contributed by atoms with van der Waals surface area (Å²) >= 11 is 0. The van der Waals surface area contributed by atoms with E-state index in [4.69, 9.17) is 9.47 Å². The Hall–Kier alpha value is -1.46. The van der Waals surface area contributed by atoms with Gasteiger partial charge >= 0.3 is 0 Å². The largest absolute Gasteiger partial charge is 0.371 e. The first-order chi connectivity index (χ1) is 9.74. The SMILES string of the molecule is C[C@@H]1CC[C@H](C(=O)N[C@H]2CCO[C@@H]2c2cccnc2)O1. The average molecular weight is 276 g/mol. The predicted octanol–water partition coefficient (Wildman–Crippen LogP) is 1.60. The zero-order valence-electron chi connectivity index (χ0n) is 11.6. The van der Waals surface area contributed by atoms with Gasteiger partial charge in [0.15, 0.2) is 0 Å². The Morgan fingerprint density at radius 2 is 2.30 bits per heavy atom. The molecule has 0 spiro atoms. The number of carbonyl (C=O) groups excluding carboxylic acids is 1. The molecule has 2 fully saturated rings. The predicted molar refractivity (Wildman–Crippen MR) is 73.0 cm³/mol. The van der Waals surface area contributed by atoms with Gasteiger partial charge in [-0.05, 0) is 32.3 Å². The molecule has 0 bridgehead atoms. The van der Waals surface area contributed by atoms with Crippen LogP contribution in [0.2, 0.25) is 0 Å². The first-order valence-electron chi connectivity index (χ1n) is 7.21. The van der Waals surface area contributed by atoms with Gasteiger partial charge in [0.2, 0.25) is 5.91 Å². The minimum atomic E-state index is -0.305. The van der Waals surface area contributed by atoms with E-state index in [2.05, 4.69) is 10.3 Å². The highest BCUT2D eigenvalue weighted by Crippen LogP contribution is 2.29. The molecular formula is C15H20N2O3. The first-order valence-corrected chi connectivity index (χ1v) is 7.21. The molecule has 108 valence electrons. The van der Waals surface area contributed by atoms with Crippen molar-refractivity contribution in [2.45, 2.75) is 50.5 Å². The highest BCUT2D eigenvalue weighted by atomic mass is 16.5. The molecule has 5 nitrogen and oxygen atoms in total. The molecule has 1 aromatic heterocycles. The molecule has 0 aromatic carbocycles. The lowest BCUT2D eigenvalue weighted by molar-refractivity contribution is -0.132. The van der Waals surface area contributed by atoms with Crippen molar-refractivity contribution < 1.29 is 14.3 Å². The quantitative estimate of drug-likeness (QED) is 0.911. The van der Waals surface area contributed by atoms with Crippen LogP contribution >= 0.6 is 0 Å². The summed E-state index contributed by atoms with van der Waals surface area (Å²) < 4.78 is 11.3. The van der Waals surface area contributed by atoms with Crippen molar-refractivity contribution in [2.24, 2.45) is 0 Å². The van der Waals surface area contributed by atoms with Crippen LogP contribution in [0.1, 0.15) is 37.9 Å². The van der Waals surface area contributed by atoms with Crippen LogP contribution in [0.5, 0.6) is 0 Å². The minimum Gasteiger partial charge on any atom is -0.371 e. The van der Waals surface area contributed by atoms with Crippen LogP contribution in [0, 0.1) is 0 Å². The van der Waals surface area contributed by atoms with Crippen LogP contribution in [0.4, 0.5) is 0 Å². The van der Waals surface area contributed by atoms with Crippen molar-refractivity contribution in [2.75, 3.05) is 6.61 Å². The normalized spacial score (nSPS) is 33.2. The summed E-state index contributed by atoms with van der Waals surface area (Å²) in [5.74, 6) is -0.0151. The number of amides is 1. The number of pyridine rings is 1. The molecule has 2 aliphatic rings. The molecule has 2 saturated heterocycles. The highest BCUT2D eigenvalue weighted by molar-refractivity contribution is 5.81. The summed E-state index contributed by atoms with van der Waals surface area (Å²) in [4.78, 5) is 16.3. The summed E-state index contributed by atoms with van der Waals surface area (Å²) in [7, 11) is 0. The average Bonchev–Trinajstić information content (AvgIpc) is 3.09. The Morgan fingerprint density at radius 1 is 1.40 bits per heavy atom. The summed E-state index contributed by atoms with van der Waals surface area (Å²) in [6, 6.07) is 3.87. The first kappa shape index (κ1) is 13.5. The van der Waals surface area contributed by atoms with Gasteiger partial charge in [0.1, 0.15) is 12.2 Å². The van der Waals surface area contributed by atoms with E-state index < -0.39 is 0 Å². The van der Waals surface area contributed by atoms with E-state index >= 15 is 0 Å². The van der Waals surface area contributed by atoms with Crippen molar-refractivity contribution in [1.29, 1.82) is 0 Å². The van der Waals surface area contributed by atoms with Gasteiger partial charge in [-0.3, -0.25) is 9.78 Å². The lowest BCUT2D eigenvalue weighted by Crippen LogP contribution is -2.42. The minimum absolute atomic E-state index is 0.00575. The van der Waals surface area contributed by atoms with Crippen LogP contribution < -0.4 is 5.32 Å². The topological polar surface area (TPSA) is 60.5 Å². The molecule has 3 rings (SSSR count). The number of ether oxygens (including phenoxy) is 2. The molecule has 20 heavy (non-hydrogen) atoms. The van der Waals surface area contributed by atoms with Gasteiger partial charge in [-0.25, -0.2) is 0 Å². The smallest absolute Gasteiger partial charge is 0.249 e. The Balaban J connectivity index is 1.63. The summed E-state index contributed by atoms with van der Waals surface area (Å²) in [5, 5.41) is 3.07. The van der Waals surface area contributed by atoms with Crippen molar-refractivity contribution in [3.05, 3.63) is 30.1 Å². The second kappa shape index (κ2) is 5.89. The maximum absolute atomic E-state index is 12.2. The fourth-order valence-electron chi connectivity index (χ4n) is 2.88. The maximum atomic E-state index is 12.2. The van der Waals surface area contributed by atoms with Gasteiger partial charge in [-0.15, -0.1) is 0 Å². The molecule has 1 amide bonds. The van der Waals surface area contributed by atoms with E-state index in [0.29, 0.717) is 6.61 Å². The molecular weight excluding hydrogens is 256 g/mol. The summed E-state index contributed by atoms with van der Waals surface area (Å²) in [5.41, 5.74) is 1.01. The van der Waals surface area contributed by atoms with Crippen LogP contribution in [-0.4, -0.2) is 35.7 Å².